The van der Waals surface area contributed by atoms with Crippen molar-refractivity contribution in [1.29, 1.82) is 0 Å². The average molecular weight is 2150 g/mol. The van der Waals surface area contributed by atoms with Crippen LogP contribution in [0.2, 0.25) is 54.4 Å². The van der Waals surface area contributed by atoms with E-state index in [-0.39, 0.29) is 92.6 Å². The van der Waals surface area contributed by atoms with E-state index in [1.807, 2.05) is 80.2 Å². The summed E-state index contributed by atoms with van der Waals surface area (Å²) in [4.78, 5) is 83.5. The van der Waals surface area contributed by atoms with Gasteiger partial charge in [-0.1, -0.05) is 109 Å². The zero-order chi connectivity index (χ0) is 107. The summed E-state index contributed by atoms with van der Waals surface area (Å²) < 4.78 is 72.2. The van der Waals surface area contributed by atoms with Crippen molar-refractivity contribution in [2.24, 2.45) is 15.0 Å². The van der Waals surface area contributed by atoms with E-state index < -0.39 is 73.1 Å². The lowest BCUT2D eigenvalue weighted by Gasteiger charge is -2.37. The molecule has 15 rings (SSSR count). The minimum atomic E-state index is -1.93. The van der Waals surface area contributed by atoms with Crippen LogP contribution in [0.5, 0.6) is 0 Å². The van der Waals surface area contributed by atoms with E-state index in [4.69, 9.17) is 104 Å². The molecule has 5 unspecified atom stereocenters. The van der Waals surface area contributed by atoms with Crippen LogP contribution in [0.4, 0.5) is 29.1 Å². The van der Waals surface area contributed by atoms with Crippen LogP contribution >= 0.6 is 27.0 Å². The Bertz CT molecular complexity index is 5820. The van der Waals surface area contributed by atoms with E-state index in [2.05, 4.69) is 225 Å². The molecule has 0 saturated carbocycles. The number of nitrogens with two attached hydrogens (primary N) is 2. The van der Waals surface area contributed by atoms with Gasteiger partial charge in [-0.15, -0.1) is 19.3 Å². The Labute approximate surface area is 857 Å². The summed E-state index contributed by atoms with van der Waals surface area (Å²) in [6, 6.07) is 0. The minimum absolute atomic E-state index is 0.108. The summed E-state index contributed by atoms with van der Waals surface area (Å²) in [5, 5.41) is 65.9. The van der Waals surface area contributed by atoms with Crippen LogP contribution in [-0.2, 0) is 51.5 Å². The second-order valence-electron chi connectivity index (χ2n) is 39.0. The number of fused-ring (bicyclic) bond motifs is 5. The van der Waals surface area contributed by atoms with Crippen molar-refractivity contribution >= 4 is 155 Å². The maximum Gasteiger partial charge on any atom is 0.217 e. The van der Waals surface area contributed by atoms with Crippen LogP contribution in [-0.4, -0.2) is 393 Å². The average Bonchev–Trinajstić information content (AvgIpc) is 1.71. The number of anilines is 2. The molecule has 15 atom stereocenters. The van der Waals surface area contributed by atoms with Crippen LogP contribution in [0, 0.1) is 37.0 Å². The third-order valence-electron chi connectivity index (χ3n) is 24.4. The number of aliphatic imine (C=N–C) groups is 3. The molecule has 0 aliphatic carbocycles. The van der Waals surface area contributed by atoms with Gasteiger partial charge in [0.15, 0.2) is 97.9 Å². The smallest absolute Gasteiger partial charge is 0.217 e. The number of rotatable bonds is 27. The third-order valence-corrected chi connectivity index (χ3v) is 39.0. The van der Waals surface area contributed by atoms with Crippen LogP contribution in [0.15, 0.2) is 78.3 Å². The number of imidazole rings is 5. The summed E-state index contributed by atoms with van der Waals surface area (Å²) >= 11 is 9.16. The zero-order valence-electron chi connectivity index (χ0n) is 87.3. The number of alkyl halides is 1. The monoisotopic (exact) mass is 2140 g/mol. The van der Waals surface area contributed by atoms with E-state index >= 15 is 0 Å². The van der Waals surface area contributed by atoms with E-state index in [0.29, 0.717) is 141 Å². The first-order valence-corrected chi connectivity index (χ1v) is 57.3. The number of methoxy groups -OCH3 is 2. The largest absolute Gasteiger partial charge is 0.414 e. The van der Waals surface area contributed by atoms with Gasteiger partial charge in [0.05, 0.1) is 120 Å². The lowest BCUT2D eigenvalue weighted by Crippen LogP contribution is -2.44. The van der Waals surface area contributed by atoms with Gasteiger partial charge in [0.2, 0.25) is 6.41 Å². The Morgan fingerprint density at radius 2 is 0.701 bits per heavy atom. The van der Waals surface area contributed by atoms with Crippen LogP contribution in [0.1, 0.15) is 126 Å². The third kappa shape index (κ3) is 33.1. The first-order valence-electron chi connectivity index (χ1n) is 46.3. The van der Waals surface area contributed by atoms with Gasteiger partial charge in [-0.05, 0) is 55.4 Å². The fourth-order valence-electron chi connectivity index (χ4n) is 13.5. The highest BCUT2D eigenvalue weighted by Crippen LogP contribution is 2.44. The number of hydrogen-bond donors (Lipinski definition) is 9. The van der Waals surface area contributed by atoms with Crippen LogP contribution in [0.25, 0.3) is 55.8 Å². The van der Waals surface area contributed by atoms with Crippen molar-refractivity contribution in [1.82, 2.24) is 117 Å². The second kappa shape index (κ2) is 55.8. The topological polar surface area (TPSA) is 563 Å². The number of nitrogen functional groups attached to an aromatic ring is 2. The molecular weight excluding hydrogens is 2000 g/mol. The molecule has 5 fully saturated rings. The van der Waals surface area contributed by atoms with Crippen molar-refractivity contribution in [3.8, 4) is 37.0 Å². The standard InChI is InChI=1S/C22H34N6O3Si.C19H32N6O3Si.C13H18N6O3.C13H15N5O3.C10H13N5O3.C6H15ClSi.C5H13NO2.C3H3Br.CH4O/c1-9-10-29-16-11-18(31-17(16)12-30-32(7,8)22(2,3)4)28-15-25-19-20(26-14-27(5)6)23-13-24-21(19)28;1-19(2,3)29(6,7)27-9-14-13(26)8-15(28-14)25-12-22-16-17(23-11-24(4)5)20-10-21-18(16)25;1-18(2)6-17-12-11-13(15-5-14-12)19(7-16-11)10-3-8(21)9(4-20)22-10;1-2-3-20-8-4-10(21-9(8)5-19)18-7-17-11-12(14)15-6-16-13(11)18;11-9-8-10(13-3-12-9)15(4-14-8)7-1-5(17)6(2-16)18-7;1-6(2,3)8(4,5)7;1-6(2)5(7-3)8-4;1-2-3-4;1-2/h1,13-18H,10-12H2,2-8H3;10-15,26H,8-9H2,1-7H3;5-10,20-21H,3-4H2,1-2H3;1,6-10,19H,3-5H2,(H2,14,15,16);3-7,16-17H,1-2H2,(H2,11,12,13);1-5H3;5H,1-4H3;1H,3H2;2H,1H3/t16?,17-,18-;13?,14-,15-;2*8?,9-,10-;5?,6-,7-;;;;/m11111..../s1. The summed E-state index contributed by atoms with van der Waals surface area (Å²) in [6.45, 7) is 33.7. The fraction of sp³-hybridized carbons (Fsp3) is 0.630. The van der Waals surface area contributed by atoms with Gasteiger partial charge in [-0.25, -0.2) is 89.7 Å². The molecule has 794 valence electrons. The summed E-state index contributed by atoms with van der Waals surface area (Å²) in [5.41, 5.74) is 17.3. The van der Waals surface area contributed by atoms with Crippen LogP contribution < -0.4 is 11.5 Å². The molecule has 47 nitrogen and oxygen atoms in total. The van der Waals surface area contributed by atoms with E-state index in [1.165, 1.54) is 31.6 Å². The van der Waals surface area contributed by atoms with E-state index in [0.717, 1.165) is 7.11 Å². The number of nitrogens with zero attached hydrogens (tertiary/aromatic N) is 27. The number of aliphatic hydroxyl groups excluding tert-OH is 7. The van der Waals surface area contributed by atoms with Gasteiger partial charge < -0.3 is 113 Å². The Morgan fingerprint density at radius 3 is 0.965 bits per heavy atom. The SMILES string of the molecule is C#CCBr.C#CCOC1C[C@H](n2cnc3c(N)ncnc32)O[C@@H]1CO.C#CCOC1C[C@H](n2cnc3c(N=CN(C)C)ncnc32)O[C@@H]1CO[Si](C)(C)C(C)(C)C.CC(C)(C)[Si](C)(C)Cl.CN(C)C=Nc1ncnc2c1ncn2[C@H]1CC(O)[C@@H](CO)O1.CN(C)C=Nc1ncnc2c1ncn2[C@H]1CC(O)[C@@H](CO[Si](C)(C)C(C)(C)C)O1.CO.COC(OC)N(C)C.Nc1ncnc2c1ncn2[C@H]1CC(O)[C@@H](CO)O1. The molecular formula is C92H147BrClN29O18Si3. The number of hydrogen-bond acceptors (Lipinski definition) is 39. The maximum atomic E-state index is 10.5. The predicted octanol–water partition coefficient (Wildman–Crippen LogP) is 8.52. The highest BCUT2D eigenvalue weighted by atomic mass is 79.9. The number of ether oxygens (including phenoxy) is 9. The highest BCUT2D eigenvalue weighted by molar-refractivity contribution is 9.09. The molecule has 0 amide bonds. The fourth-order valence-corrected chi connectivity index (χ4v) is 15.5. The molecule has 15 heterocycles. The second-order valence-corrected chi connectivity index (χ2v) is 56.4. The summed E-state index contributed by atoms with van der Waals surface area (Å²) in [7, 11) is 14.1. The van der Waals surface area contributed by atoms with Gasteiger partial charge in [0.25, 0.3) is 0 Å². The first kappa shape index (κ1) is 121. The Balaban J connectivity index is 0.000000234. The Morgan fingerprint density at radius 1 is 0.438 bits per heavy atom. The highest BCUT2D eigenvalue weighted by Gasteiger charge is 2.46. The Hall–Kier alpha value is -9.90. The molecule has 52 heteroatoms. The van der Waals surface area contributed by atoms with Gasteiger partial charge in [-0.3, -0.25) is 27.7 Å². The van der Waals surface area contributed by atoms with Gasteiger partial charge in [0.1, 0.15) is 118 Å². The molecule has 5 aliphatic rings. The van der Waals surface area contributed by atoms with Crippen molar-refractivity contribution in [3.63, 3.8) is 0 Å². The number of halogens is 2. The molecule has 0 aromatic carbocycles. The van der Waals surface area contributed by atoms with Gasteiger partial charge in [0, 0.05) is 95.7 Å². The molecule has 0 radical (unpaired) electrons. The minimum Gasteiger partial charge on any atom is -0.414 e. The normalized spacial score (nSPS) is 22.2. The molecule has 10 aromatic rings. The zero-order valence-corrected chi connectivity index (χ0v) is 92.6. The number of terminal acetylenes is 3. The molecule has 11 N–H and O–H groups in total. The number of aliphatic hydroxyl groups is 7. The molecule has 144 heavy (non-hydrogen) atoms. The number of aromatic nitrogens is 20. The van der Waals surface area contributed by atoms with Crippen molar-refractivity contribution in [2.45, 2.75) is 247 Å². The van der Waals surface area contributed by atoms with Crippen molar-refractivity contribution < 1.29 is 87.2 Å². The van der Waals surface area contributed by atoms with E-state index in [1.54, 1.807) is 83.5 Å². The molecule has 5 saturated heterocycles. The molecule has 0 spiro atoms. The van der Waals surface area contributed by atoms with E-state index in [9.17, 15) is 25.5 Å². The van der Waals surface area contributed by atoms with Gasteiger partial charge in [-0.2, -0.15) is 11.1 Å². The molecule has 0 bridgehead atoms. The maximum absolute atomic E-state index is 10.5. The van der Waals surface area contributed by atoms with Gasteiger partial charge >= 0.3 is 0 Å². The quantitative estimate of drug-likeness (QED) is 0.00443. The lowest BCUT2D eigenvalue weighted by molar-refractivity contribution is -0.179. The first-order chi connectivity index (χ1) is 67.9. The predicted molar refractivity (Wildman–Crippen MR) is 562 cm³/mol. The summed E-state index contributed by atoms with van der Waals surface area (Å²) in [6.07, 6.45) is 31.2. The summed E-state index contributed by atoms with van der Waals surface area (Å²) in [5.74, 6) is 9.41. The van der Waals surface area contributed by atoms with Crippen molar-refractivity contribution in [3.05, 3.63) is 63.3 Å². The van der Waals surface area contributed by atoms with Crippen molar-refractivity contribution in [2.75, 3.05) is 141 Å². The van der Waals surface area contributed by atoms with Crippen LogP contribution in [0.3, 0.4) is 0 Å². The molecule has 10 aromatic heterocycles. The Kier molecular flexibility index (Phi) is 46.9. The lowest BCUT2D eigenvalue weighted by atomic mass is 10.2. The molecule has 5 aliphatic heterocycles.